The molecule has 1 heterocycles. The molecular formula is C17H35Cl2N3O. The number of piperidine rings is 1. The molecule has 1 saturated heterocycles. The van der Waals surface area contributed by atoms with Crippen LogP contribution in [0.2, 0.25) is 0 Å². The lowest BCUT2D eigenvalue weighted by Gasteiger charge is -2.39. The van der Waals surface area contributed by atoms with Crippen molar-refractivity contribution in [3.05, 3.63) is 0 Å². The van der Waals surface area contributed by atoms with Crippen LogP contribution in [0.4, 0.5) is 0 Å². The van der Waals surface area contributed by atoms with Crippen LogP contribution in [0.1, 0.15) is 59.3 Å². The molecular weight excluding hydrogens is 333 g/mol. The summed E-state index contributed by atoms with van der Waals surface area (Å²) < 4.78 is 0. The van der Waals surface area contributed by atoms with Gasteiger partial charge in [-0.15, -0.1) is 24.8 Å². The molecule has 4 nitrogen and oxygen atoms in total. The number of carbonyl (C=O) groups is 1. The highest BCUT2D eigenvalue weighted by molar-refractivity contribution is 5.86. The molecule has 138 valence electrons. The summed E-state index contributed by atoms with van der Waals surface area (Å²) in [6.45, 7) is 9.90. The quantitative estimate of drug-likeness (QED) is 0.784. The minimum Gasteiger partial charge on any atom is -0.353 e. The Morgan fingerprint density at radius 3 is 2.22 bits per heavy atom. The summed E-state index contributed by atoms with van der Waals surface area (Å²) in [7, 11) is 0. The van der Waals surface area contributed by atoms with Crippen LogP contribution in [0.15, 0.2) is 0 Å². The third-order valence-electron chi connectivity index (χ3n) is 5.48. The van der Waals surface area contributed by atoms with E-state index in [0.717, 1.165) is 51.2 Å². The van der Waals surface area contributed by atoms with E-state index >= 15 is 0 Å². The molecule has 23 heavy (non-hydrogen) atoms. The average Bonchev–Trinajstić information content (AvgIpc) is 2.88. The molecule has 3 N–H and O–H groups in total. The topological polar surface area (TPSA) is 58.4 Å². The maximum Gasteiger partial charge on any atom is 0.240 e. The summed E-state index contributed by atoms with van der Waals surface area (Å²) >= 11 is 0. The second-order valence-electron chi connectivity index (χ2n) is 7.60. The van der Waals surface area contributed by atoms with E-state index in [2.05, 4.69) is 31.0 Å². The van der Waals surface area contributed by atoms with Gasteiger partial charge in [0.15, 0.2) is 0 Å². The lowest BCUT2D eigenvalue weighted by molar-refractivity contribution is -0.126. The smallest absolute Gasteiger partial charge is 0.240 e. The Balaban J connectivity index is 0.00000242. The second kappa shape index (κ2) is 10.1. The molecule has 0 spiro atoms. The molecule has 0 bridgehead atoms. The minimum atomic E-state index is -0.599. The molecule has 1 amide bonds. The summed E-state index contributed by atoms with van der Waals surface area (Å²) in [5.74, 6) is 1.46. The van der Waals surface area contributed by atoms with Gasteiger partial charge in [-0.3, -0.25) is 9.69 Å². The molecule has 1 saturated carbocycles. The average molecular weight is 368 g/mol. The van der Waals surface area contributed by atoms with Crippen LogP contribution in [0.25, 0.3) is 0 Å². The van der Waals surface area contributed by atoms with Crippen molar-refractivity contribution in [1.29, 1.82) is 0 Å². The van der Waals surface area contributed by atoms with Gasteiger partial charge in [-0.2, -0.15) is 0 Å². The Morgan fingerprint density at radius 1 is 1.22 bits per heavy atom. The molecule has 1 aliphatic carbocycles. The van der Waals surface area contributed by atoms with Crippen molar-refractivity contribution in [3.63, 3.8) is 0 Å². The van der Waals surface area contributed by atoms with Gasteiger partial charge in [0.25, 0.3) is 0 Å². The Labute approximate surface area is 154 Å². The number of rotatable bonds is 5. The fourth-order valence-corrected chi connectivity index (χ4v) is 3.75. The third kappa shape index (κ3) is 6.08. The summed E-state index contributed by atoms with van der Waals surface area (Å²) in [6.07, 6.45) is 6.40. The second-order valence-corrected chi connectivity index (χ2v) is 7.60. The summed E-state index contributed by atoms with van der Waals surface area (Å²) in [6, 6.07) is 0.437. The highest BCUT2D eigenvalue weighted by Crippen LogP contribution is 2.27. The first-order valence-corrected chi connectivity index (χ1v) is 8.73. The van der Waals surface area contributed by atoms with Gasteiger partial charge in [0, 0.05) is 12.6 Å². The fourth-order valence-electron chi connectivity index (χ4n) is 3.75. The zero-order valence-electron chi connectivity index (χ0n) is 14.8. The fraction of sp³-hybridized carbons (Fsp3) is 0.941. The van der Waals surface area contributed by atoms with Crippen molar-refractivity contribution in [2.75, 3.05) is 19.6 Å². The van der Waals surface area contributed by atoms with Crippen molar-refractivity contribution < 1.29 is 4.79 Å². The van der Waals surface area contributed by atoms with Gasteiger partial charge in [0.1, 0.15) is 0 Å². The largest absolute Gasteiger partial charge is 0.353 e. The zero-order chi connectivity index (χ0) is 15.5. The van der Waals surface area contributed by atoms with Crippen LogP contribution in [-0.4, -0.2) is 42.0 Å². The van der Waals surface area contributed by atoms with Gasteiger partial charge in [0.2, 0.25) is 5.91 Å². The highest BCUT2D eigenvalue weighted by Gasteiger charge is 2.37. The normalized spacial score (nSPS) is 23.0. The highest BCUT2D eigenvalue weighted by atomic mass is 35.5. The molecule has 0 radical (unpaired) electrons. The van der Waals surface area contributed by atoms with Crippen molar-refractivity contribution in [2.24, 2.45) is 17.6 Å². The van der Waals surface area contributed by atoms with E-state index in [1.165, 1.54) is 12.8 Å². The van der Waals surface area contributed by atoms with Crippen molar-refractivity contribution >= 4 is 30.7 Å². The van der Waals surface area contributed by atoms with E-state index in [0.29, 0.717) is 12.0 Å². The number of hydrogen-bond acceptors (Lipinski definition) is 3. The maximum absolute atomic E-state index is 12.4. The number of amides is 1. The molecule has 1 atom stereocenters. The number of likely N-dealkylation sites (tertiary alicyclic amines) is 1. The zero-order valence-corrected chi connectivity index (χ0v) is 16.5. The Hall–Kier alpha value is -0.0300. The van der Waals surface area contributed by atoms with Gasteiger partial charge in [-0.25, -0.2) is 0 Å². The van der Waals surface area contributed by atoms with Gasteiger partial charge >= 0.3 is 0 Å². The standard InChI is InChI=1S/C17H33N3O.2ClH/c1-13(2)15(20-10-6-14(3)7-11-20)12-19-16(21)17(18)8-4-5-9-17;;/h13-15H,4-12,18H2,1-3H3,(H,19,21);2*1H. The Morgan fingerprint density at radius 2 is 1.74 bits per heavy atom. The van der Waals surface area contributed by atoms with Gasteiger partial charge in [-0.05, 0) is 50.6 Å². The molecule has 0 aromatic rings. The van der Waals surface area contributed by atoms with Crippen LogP contribution in [-0.2, 0) is 4.79 Å². The maximum atomic E-state index is 12.4. The molecule has 1 aliphatic heterocycles. The SMILES string of the molecule is CC1CCN(C(CNC(=O)C2(N)CCCC2)C(C)C)CC1.Cl.Cl. The monoisotopic (exact) mass is 367 g/mol. The van der Waals surface area contributed by atoms with Crippen LogP contribution >= 0.6 is 24.8 Å². The van der Waals surface area contributed by atoms with Gasteiger partial charge in [-0.1, -0.05) is 33.6 Å². The van der Waals surface area contributed by atoms with Crippen molar-refractivity contribution in [2.45, 2.75) is 70.9 Å². The minimum absolute atomic E-state index is 0. The summed E-state index contributed by atoms with van der Waals surface area (Å²) in [5.41, 5.74) is 5.64. The Bertz CT molecular complexity index is 352. The van der Waals surface area contributed by atoms with Gasteiger partial charge < -0.3 is 11.1 Å². The molecule has 0 aromatic heterocycles. The molecule has 6 heteroatoms. The lowest BCUT2D eigenvalue weighted by Crippen LogP contribution is -2.56. The number of nitrogens with zero attached hydrogens (tertiary/aromatic N) is 1. The molecule has 0 aromatic carbocycles. The number of nitrogens with one attached hydrogen (secondary N) is 1. The van der Waals surface area contributed by atoms with Crippen molar-refractivity contribution in [3.8, 4) is 0 Å². The molecule has 1 unspecified atom stereocenters. The van der Waals surface area contributed by atoms with E-state index in [1.807, 2.05) is 0 Å². The van der Waals surface area contributed by atoms with E-state index in [9.17, 15) is 4.79 Å². The van der Waals surface area contributed by atoms with Crippen LogP contribution < -0.4 is 11.1 Å². The Kier molecular flexibility index (Phi) is 10.1. The predicted molar refractivity (Wildman–Crippen MR) is 101 cm³/mol. The summed E-state index contributed by atoms with van der Waals surface area (Å²) in [4.78, 5) is 14.9. The van der Waals surface area contributed by atoms with E-state index in [1.54, 1.807) is 0 Å². The molecule has 2 fully saturated rings. The third-order valence-corrected chi connectivity index (χ3v) is 5.48. The summed E-state index contributed by atoms with van der Waals surface area (Å²) in [5, 5.41) is 3.15. The molecule has 2 aliphatic rings. The predicted octanol–water partition coefficient (Wildman–Crippen LogP) is 2.97. The van der Waals surface area contributed by atoms with E-state index in [-0.39, 0.29) is 30.7 Å². The van der Waals surface area contributed by atoms with E-state index in [4.69, 9.17) is 5.73 Å². The van der Waals surface area contributed by atoms with E-state index < -0.39 is 5.54 Å². The number of carbonyl (C=O) groups excluding carboxylic acids is 1. The first-order valence-electron chi connectivity index (χ1n) is 8.73. The van der Waals surface area contributed by atoms with Crippen LogP contribution in [0, 0.1) is 11.8 Å². The molecule has 2 rings (SSSR count). The van der Waals surface area contributed by atoms with Crippen LogP contribution in [0.5, 0.6) is 0 Å². The van der Waals surface area contributed by atoms with Crippen LogP contribution in [0.3, 0.4) is 0 Å². The van der Waals surface area contributed by atoms with Gasteiger partial charge in [0.05, 0.1) is 5.54 Å². The number of hydrogen-bond donors (Lipinski definition) is 2. The first-order chi connectivity index (χ1) is 9.92. The number of halogens is 2. The first kappa shape index (κ1) is 23.0. The van der Waals surface area contributed by atoms with Crippen molar-refractivity contribution in [1.82, 2.24) is 10.2 Å². The number of nitrogens with two attached hydrogens (primary N) is 1. The lowest BCUT2D eigenvalue weighted by atomic mass is 9.93.